The third-order valence-electron chi connectivity index (χ3n) is 7.48. The molecular formula is C33H29FN4O5. The first-order chi connectivity index (χ1) is 20.8. The molecule has 1 fully saturated rings. The number of benzene rings is 3. The minimum Gasteiger partial charge on any atom is -0.478 e. The van der Waals surface area contributed by atoms with E-state index in [1.54, 1.807) is 36.5 Å². The molecular weight excluding hydrogens is 551 g/mol. The third-order valence-corrected chi connectivity index (χ3v) is 7.48. The fraction of sp³-hybridized carbons (Fsp3) is 0.182. The summed E-state index contributed by atoms with van der Waals surface area (Å²) in [5.74, 6) is -0.610. The average molecular weight is 581 g/mol. The van der Waals surface area contributed by atoms with E-state index in [2.05, 4.69) is 15.2 Å². The van der Waals surface area contributed by atoms with E-state index < -0.39 is 5.97 Å². The maximum absolute atomic E-state index is 13.3. The highest BCUT2D eigenvalue weighted by molar-refractivity contribution is 6.06. The number of halogens is 1. The number of nitrogens with one attached hydrogen (secondary N) is 1. The summed E-state index contributed by atoms with van der Waals surface area (Å²) in [4.78, 5) is 36.8. The Labute approximate surface area is 247 Å². The Bertz CT molecular complexity index is 1780. The summed E-state index contributed by atoms with van der Waals surface area (Å²) < 4.78 is 19.2. The summed E-state index contributed by atoms with van der Waals surface area (Å²) in [6.45, 7) is 4.86. The van der Waals surface area contributed by atoms with Crippen molar-refractivity contribution in [2.24, 2.45) is 0 Å². The number of hydroxylamine groups is 2. The molecule has 0 radical (unpaired) electrons. The number of carboxylic acids is 1. The smallest absolute Gasteiger partial charge is 0.335 e. The first kappa shape index (κ1) is 28.1. The van der Waals surface area contributed by atoms with E-state index in [9.17, 15) is 14.0 Å². The van der Waals surface area contributed by atoms with Crippen molar-refractivity contribution in [2.75, 3.05) is 36.4 Å². The van der Waals surface area contributed by atoms with Crippen molar-refractivity contribution in [1.82, 2.24) is 10.0 Å². The van der Waals surface area contributed by atoms with Gasteiger partial charge in [0.1, 0.15) is 17.2 Å². The lowest BCUT2D eigenvalue weighted by atomic mass is 10.0. The number of carbonyl (C=O) groups excluding carboxylic acids is 1. The molecule has 0 spiro atoms. The molecule has 218 valence electrons. The standard InChI is InChI=1S/C33H29FN4O5/c1-21-28-18-24(23-5-8-26(34)9-6-23)7-11-29(28)43-31(21)32(39)36-27-10-12-30(35-19-27)37-13-15-38(16-14-37)42-20-22-3-2-4-25(17-22)33(40)41/h2-12,17-19H,13-16,20H2,1H3,(H,36,39)(H,40,41). The van der Waals surface area contributed by atoms with E-state index in [1.165, 1.54) is 12.1 Å². The van der Waals surface area contributed by atoms with Crippen molar-refractivity contribution in [3.8, 4) is 11.1 Å². The summed E-state index contributed by atoms with van der Waals surface area (Å²) in [5.41, 5.74) is 4.68. The topological polar surface area (TPSA) is 108 Å². The van der Waals surface area contributed by atoms with Gasteiger partial charge in [-0.15, -0.1) is 0 Å². The number of piperazine rings is 1. The number of aromatic nitrogens is 1. The first-order valence-electron chi connectivity index (χ1n) is 13.9. The van der Waals surface area contributed by atoms with Gasteiger partial charge in [-0.05, 0) is 72.1 Å². The number of anilines is 2. The Kier molecular flexibility index (Phi) is 7.86. The van der Waals surface area contributed by atoms with Crippen LogP contribution in [0.4, 0.5) is 15.9 Å². The van der Waals surface area contributed by atoms with E-state index in [4.69, 9.17) is 14.4 Å². The second-order valence-electron chi connectivity index (χ2n) is 10.3. The molecule has 43 heavy (non-hydrogen) atoms. The largest absolute Gasteiger partial charge is 0.478 e. The van der Waals surface area contributed by atoms with Gasteiger partial charge in [0.15, 0.2) is 5.76 Å². The number of pyridine rings is 1. The van der Waals surface area contributed by atoms with Crippen molar-refractivity contribution in [2.45, 2.75) is 13.5 Å². The molecule has 3 heterocycles. The molecule has 10 heteroatoms. The van der Waals surface area contributed by atoms with Crippen LogP contribution < -0.4 is 10.2 Å². The lowest BCUT2D eigenvalue weighted by Gasteiger charge is -2.34. The van der Waals surface area contributed by atoms with Crippen LogP contribution in [0.15, 0.2) is 89.5 Å². The zero-order chi connectivity index (χ0) is 29.9. The summed E-state index contributed by atoms with van der Waals surface area (Å²) >= 11 is 0. The maximum Gasteiger partial charge on any atom is 0.335 e. The molecule has 5 aromatic rings. The van der Waals surface area contributed by atoms with Crippen molar-refractivity contribution in [3.63, 3.8) is 0 Å². The normalized spacial score (nSPS) is 13.8. The van der Waals surface area contributed by atoms with Crippen LogP contribution in [0.3, 0.4) is 0 Å². The average Bonchev–Trinajstić information content (AvgIpc) is 3.37. The van der Waals surface area contributed by atoms with Crippen molar-refractivity contribution < 1.29 is 28.3 Å². The highest BCUT2D eigenvalue weighted by Gasteiger charge is 2.21. The number of fused-ring (bicyclic) bond motifs is 1. The molecule has 3 aromatic carbocycles. The van der Waals surface area contributed by atoms with Crippen molar-refractivity contribution >= 4 is 34.4 Å². The predicted molar refractivity (Wildman–Crippen MR) is 161 cm³/mol. The van der Waals surface area contributed by atoms with Crippen LogP contribution in [0.5, 0.6) is 0 Å². The van der Waals surface area contributed by atoms with Gasteiger partial charge in [0.05, 0.1) is 24.1 Å². The number of hydrogen-bond donors (Lipinski definition) is 2. The number of carbonyl (C=O) groups is 2. The van der Waals surface area contributed by atoms with Crippen LogP contribution in [0.2, 0.25) is 0 Å². The molecule has 6 rings (SSSR count). The minimum absolute atomic E-state index is 0.223. The second kappa shape index (κ2) is 12.0. The van der Waals surface area contributed by atoms with Crippen molar-refractivity contribution in [3.05, 3.63) is 113 Å². The molecule has 0 atom stereocenters. The molecule has 1 aliphatic rings. The zero-order valence-corrected chi connectivity index (χ0v) is 23.4. The third kappa shape index (κ3) is 6.25. The Morgan fingerprint density at radius 1 is 0.977 bits per heavy atom. The first-order valence-corrected chi connectivity index (χ1v) is 13.9. The van der Waals surface area contributed by atoms with Crippen LogP contribution in [0.1, 0.15) is 32.0 Å². The molecule has 0 aliphatic carbocycles. The Hall–Kier alpha value is -5.06. The number of hydrogen-bond acceptors (Lipinski definition) is 7. The Balaban J connectivity index is 1.04. The molecule has 0 unspecified atom stereocenters. The molecule has 0 saturated carbocycles. The van der Waals surface area contributed by atoms with Crippen LogP contribution in [0, 0.1) is 12.7 Å². The summed E-state index contributed by atoms with van der Waals surface area (Å²) in [7, 11) is 0. The summed E-state index contributed by atoms with van der Waals surface area (Å²) in [5, 5.41) is 14.7. The number of aromatic carboxylic acids is 1. The summed E-state index contributed by atoms with van der Waals surface area (Å²) in [6, 6.07) is 22.3. The number of furan rings is 1. The Morgan fingerprint density at radius 2 is 1.74 bits per heavy atom. The monoisotopic (exact) mass is 580 g/mol. The van der Waals surface area contributed by atoms with E-state index >= 15 is 0 Å². The molecule has 2 aromatic heterocycles. The van der Waals surface area contributed by atoms with Crippen LogP contribution in [-0.2, 0) is 11.4 Å². The lowest BCUT2D eigenvalue weighted by Crippen LogP contribution is -2.46. The lowest BCUT2D eigenvalue weighted by molar-refractivity contribution is -0.171. The molecule has 1 amide bonds. The van der Waals surface area contributed by atoms with E-state index in [0.717, 1.165) is 33.5 Å². The zero-order valence-electron chi connectivity index (χ0n) is 23.4. The van der Waals surface area contributed by atoms with E-state index in [0.29, 0.717) is 44.1 Å². The summed E-state index contributed by atoms with van der Waals surface area (Å²) in [6.07, 6.45) is 1.62. The molecule has 1 aliphatic heterocycles. The fourth-order valence-electron chi connectivity index (χ4n) is 5.10. The number of amides is 1. The van der Waals surface area contributed by atoms with Gasteiger partial charge in [0.25, 0.3) is 5.91 Å². The van der Waals surface area contributed by atoms with Gasteiger partial charge >= 0.3 is 5.97 Å². The fourth-order valence-corrected chi connectivity index (χ4v) is 5.10. The SMILES string of the molecule is Cc1c(C(=O)Nc2ccc(N3CCN(OCc4cccc(C(=O)O)c4)CC3)nc2)oc2ccc(-c3ccc(F)cc3)cc12. The van der Waals surface area contributed by atoms with Gasteiger partial charge in [-0.25, -0.2) is 14.2 Å². The van der Waals surface area contributed by atoms with Gasteiger partial charge in [-0.1, -0.05) is 30.3 Å². The van der Waals surface area contributed by atoms with E-state index in [-0.39, 0.29) is 23.0 Å². The van der Waals surface area contributed by atoms with Crippen LogP contribution in [0.25, 0.3) is 22.1 Å². The quantitative estimate of drug-likeness (QED) is 0.225. The van der Waals surface area contributed by atoms with Crippen LogP contribution in [-0.4, -0.2) is 53.2 Å². The molecule has 9 nitrogen and oxygen atoms in total. The van der Waals surface area contributed by atoms with Gasteiger partial charge in [-0.2, -0.15) is 5.06 Å². The molecule has 2 N–H and O–H groups in total. The predicted octanol–water partition coefficient (Wildman–Crippen LogP) is 6.15. The minimum atomic E-state index is -0.962. The molecule has 0 bridgehead atoms. The Morgan fingerprint density at radius 3 is 2.47 bits per heavy atom. The number of aryl methyl sites for hydroxylation is 1. The van der Waals surface area contributed by atoms with Gasteiger partial charge in [0, 0.05) is 37.1 Å². The second-order valence-corrected chi connectivity index (χ2v) is 10.3. The maximum atomic E-state index is 13.3. The van der Waals surface area contributed by atoms with Gasteiger partial charge < -0.3 is 19.7 Å². The van der Waals surface area contributed by atoms with Crippen LogP contribution >= 0.6 is 0 Å². The molecule has 1 saturated heterocycles. The van der Waals surface area contributed by atoms with Gasteiger partial charge in [-0.3, -0.25) is 9.63 Å². The number of carboxylic acid groups (broad SMARTS) is 1. The number of nitrogens with zero attached hydrogens (tertiary/aromatic N) is 3. The highest BCUT2D eigenvalue weighted by atomic mass is 19.1. The number of rotatable bonds is 8. The van der Waals surface area contributed by atoms with Crippen molar-refractivity contribution in [1.29, 1.82) is 0 Å². The highest BCUT2D eigenvalue weighted by Crippen LogP contribution is 2.31. The van der Waals surface area contributed by atoms with E-state index in [1.807, 2.05) is 48.4 Å². The van der Waals surface area contributed by atoms with Gasteiger partial charge in [0.2, 0.25) is 0 Å².